The van der Waals surface area contributed by atoms with Gasteiger partial charge in [-0.15, -0.1) is 0 Å². The average molecular weight is 321 g/mol. The van der Waals surface area contributed by atoms with Gasteiger partial charge in [-0.05, 0) is 56.9 Å². The number of carbonyl (C=O) groups excluding carboxylic acids is 1. The van der Waals surface area contributed by atoms with Crippen LogP contribution >= 0.6 is 0 Å². The van der Waals surface area contributed by atoms with Crippen LogP contribution in [0, 0.1) is 6.92 Å². The van der Waals surface area contributed by atoms with Crippen molar-refractivity contribution in [1.29, 1.82) is 0 Å². The Balaban J connectivity index is 2.12. The summed E-state index contributed by atoms with van der Waals surface area (Å²) in [5.74, 6) is -0.421. The largest absolute Gasteiger partial charge is 0.482 e. The number of carboxylic acid groups (broad SMARTS) is 1. The molecule has 0 atom stereocenters. The highest BCUT2D eigenvalue weighted by Crippen LogP contribution is 2.29. The lowest BCUT2D eigenvalue weighted by Gasteiger charge is -2.32. The summed E-state index contributed by atoms with van der Waals surface area (Å²) in [6.45, 7) is 8.16. The van der Waals surface area contributed by atoms with E-state index in [2.05, 4.69) is 0 Å². The van der Waals surface area contributed by atoms with Gasteiger partial charge in [0.25, 0.3) is 0 Å². The summed E-state index contributed by atoms with van der Waals surface area (Å²) < 4.78 is 10.7. The van der Waals surface area contributed by atoms with Gasteiger partial charge in [-0.1, -0.05) is 6.07 Å². The van der Waals surface area contributed by atoms with E-state index in [9.17, 15) is 9.59 Å². The second kappa shape index (κ2) is 6.48. The fraction of sp³-hybridized carbons (Fsp3) is 0.529. The minimum atomic E-state index is -1.00. The molecule has 0 aliphatic carbocycles. The molecule has 6 heteroatoms. The van der Waals surface area contributed by atoms with E-state index in [0.717, 1.165) is 16.7 Å². The molecule has 0 radical (unpaired) electrons. The van der Waals surface area contributed by atoms with Crippen LogP contribution in [0.15, 0.2) is 12.1 Å². The van der Waals surface area contributed by atoms with Gasteiger partial charge in [0.1, 0.15) is 11.4 Å². The number of hydrogen-bond donors (Lipinski definition) is 1. The maximum atomic E-state index is 12.2. The van der Waals surface area contributed by atoms with Crippen LogP contribution in [-0.2, 0) is 22.5 Å². The van der Waals surface area contributed by atoms with Gasteiger partial charge in [-0.25, -0.2) is 9.59 Å². The van der Waals surface area contributed by atoms with Gasteiger partial charge in [0, 0.05) is 13.1 Å². The van der Waals surface area contributed by atoms with E-state index in [4.69, 9.17) is 14.6 Å². The highest BCUT2D eigenvalue weighted by atomic mass is 16.6. The van der Waals surface area contributed by atoms with Gasteiger partial charge >= 0.3 is 12.1 Å². The van der Waals surface area contributed by atoms with E-state index in [1.165, 1.54) is 0 Å². The van der Waals surface area contributed by atoms with Gasteiger partial charge in [-0.2, -0.15) is 0 Å². The van der Waals surface area contributed by atoms with Gasteiger partial charge in [0.2, 0.25) is 0 Å². The molecule has 0 bridgehead atoms. The van der Waals surface area contributed by atoms with Gasteiger partial charge in [0.15, 0.2) is 6.61 Å². The number of carbonyl (C=O) groups is 2. The maximum Gasteiger partial charge on any atom is 0.410 e. The van der Waals surface area contributed by atoms with Crippen LogP contribution in [0.25, 0.3) is 0 Å². The zero-order valence-corrected chi connectivity index (χ0v) is 14.0. The average Bonchev–Trinajstić information content (AvgIpc) is 2.44. The van der Waals surface area contributed by atoms with Crippen LogP contribution in [-0.4, -0.2) is 40.8 Å². The summed E-state index contributed by atoms with van der Waals surface area (Å²) in [7, 11) is 0. The number of fused-ring (bicyclic) bond motifs is 1. The molecule has 0 aromatic heterocycles. The predicted octanol–water partition coefficient (Wildman–Crippen LogP) is 2.75. The monoisotopic (exact) mass is 321 g/mol. The van der Waals surface area contributed by atoms with Gasteiger partial charge in [-0.3, -0.25) is 0 Å². The summed E-state index contributed by atoms with van der Waals surface area (Å²) in [6.07, 6.45) is 0.386. The molecule has 1 aliphatic heterocycles. The Morgan fingerprint density at radius 2 is 2.00 bits per heavy atom. The molecule has 1 N–H and O–H groups in total. The highest BCUT2D eigenvalue weighted by Gasteiger charge is 2.27. The third-order valence-corrected chi connectivity index (χ3v) is 3.64. The van der Waals surface area contributed by atoms with Crippen LogP contribution in [0.3, 0.4) is 0 Å². The van der Waals surface area contributed by atoms with Crippen LogP contribution < -0.4 is 4.74 Å². The molecular weight excluding hydrogens is 298 g/mol. The number of aliphatic carboxylic acids is 1. The van der Waals surface area contributed by atoms with Gasteiger partial charge < -0.3 is 19.5 Å². The molecule has 0 unspecified atom stereocenters. The van der Waals surface area contributed by atoms with Crippen molar-refractivity contribution in [2.45, 2.75) is 46.3 Å². The van der Waals surface area contributed by atoms with E-state index in [1.54, 1.807) is 11.0 Å². The Hall–Kier alpha value is -2.24. The normalized spacial score (nSPS) is 14.2. The number of nitrogens with zero attached hydrogens (tertiary/aromatic N) is 1. The van der Waals surface area contributed by atoms with Crippen LogP contribution in [0.1, 0.15) is 37.5 Å². The maximum absolute atomic E-state index is 12.2. The van der Waals surface area contributed by atoms with Gasteiger partial charge in [0.05, 0.1) is 0 Å². The molecular formula is C17H23NO5. The minimum Gasteiger partial charge on any atom is -0.482 e. The lowest BCUT2D eigenvalue weighted by atomic mass is 9.94. The molecule has 1 amide bonds. The van der Waals surface area contributed by atoms with Crippen molar-refractivity contribution < 1.29 is 24.2 Å². The van der Waals surface area contributed by atoms with E-state index in [0.29, 0.717) is 25.3 Å². The molecule has 1 heterocycles. The van der Waals surface area contributed by atoms with Crippen LogP contribution in [0.4, 0.5) is 4.79 Å². The van der Waals surface area contributed by atoms with Crippen molar-refractivity contribution >= 4 is 12.1 Å². The van der Waals surface area contributed by atoms with Crippen molar-refractivity contribution in [3.63, 3.8) is 0 Å². The third-order valence-electron chi connectivity index (χ3n) is 3.64. The second-order valence-corrected chi connectivity index (χ2v) is 6.66. The minimum absolute atomic E-state index is 0.313. The highest BCUT2D eigenvalue weighted by molar-refractivity contribution is 5.69. The lowest BCUT2D eigenvalue weighted by Crippen LogP contribution is -2.40. The Labute approximate surface area is 136 Å². The fourth-order valence-electron chi connectivity index (χ4n) is 2.60. The number of ether oxygens (including phenoxy) is 2. The Bertz CT molecular complexity index is 618. The summed E-state index contributed by atoms with van der Waals surface area (Å²) in [4.78, 5) is 24.5. The van der Waals surface area contributed by atoms with Crippen LogP contribution in [0.5, 0.6) is 5.75 Å². The van der Waals surface area contributed by atoms with E-state index >= 15 is 0 Å². The van der Waals surface area contributed by atoms with E-state index < -0.39 is 11.6 Å². The predicted molar refractivity (Wildman–Crippen MR) is 84.7 cm³/mol. The second-order valence-electron chi connectivity index (χ2n) is 6.66. The molecule has 1 aromatic rings. The topological polar surface area (TPSA) is 76.1 Å². The molecule has 23 heavy (non-hydrogen) atoms. The standard InChI is InChI=1S/C17H23NO5/c1-11-13-7-8-18(16(21)23-17(2,3)4)9-12(13)5-6-14(11)22-10-15(19)20/h5-6H,7-10H2,1-4H3,(H,19,20). The quantitative estimate of drug-likeness (QED) is 0.926. The molecule has 0 saturated heterocycles. The first kappa shape index (κ1) is 17.1. The number of benzene rings is 1. The van der Waals surface area contributed by atoms with E-state index in [-0.39, 0.29) is 12.7 Å². The molecule has 2 rings (SSSR count). The summed E-state index contributed by atoms with van der Waals surface area (Å²) >= 11 is 0. The van der Waals surface area contributed by atoms with E-state index in [1.807, 2.05) is 33.8 Å². The zero-order valence-electron chi connectivity index (χ0n) is 14.0. The molecule has 0 spiro atoms. The molecule has 126 valence electrons. The zero-order chi connectivity index (χ0) is 17.2. The molecule has 0 fully saturated rings. The van der Waals surface area contributed by atoms with Crippen molar-refractivity contribution in [2.75, 3.05) is 13.2 Å². The Kier molecular flexibility index (Phi) is 4.82. The van der Waals surface area contributed by atoms with Crippen molar-refractivity contribution in [2.24, 2.45) is 0 Å². The summed E-state index contributed by atoms with van der Waals surface area (Å²) in [5.41, 5.74) is 2.59. The first-order valence-corrected chi connectivity index (χ1v) is 7.61. The first-order valence-electron chi connectivity index (χ1n) is 7.61. The Morgan fingerprint density at radius 1 is 1.30 bits per heavy atom. The SMILES string of the molecule is Cc1c(OCC(=O)O)ccc2c1CCN(C(=O)OC(C)(C)C)C2. The van der Waals surface area contributed by atoms with Crippen molar-refractivity contribution in [3.8, 4) is 5.75 Å². The van der Waals surface area contributed by atoms with Crippen molar-refractivity contribution in [3.05, 3.63) is 28.8 Å². The number of rotatable bonds is 3. The lowest BCUT2D eigenvalue weighted by molar-refractivity contribution is -0.139. The Morgan fingerprint density at radius 3 is 2.61 bits per heavy atom. The third kappa shape index (κ3) is 4.37. The fourth-order valence-corrected chi connectivity index (χ4v) is 2.60. The summed E-state index contributed by atoms with van der Waals surface area (Å²) in [5, 5.41) is 8.71. The summed E-state index contributed by atoms with van der Waals surface area (Å²) in [6, 6.07) is 3.64. The number of carboxylic acids is 1. The smallest absolute Gasteiger partial charge is 0.410 e. The molecule has 6 nitrogen and oxygen atoms in total. The molecule has 1 aromatic carbocycles. The number of hydrogen-bond acceptors (Lipinski definition) is 4. The number of amides is 1. The van der Waals surface area contributed by atoms with Crippen LogP contribution in [0.2, 0.25) is 0 Å². The molecule has 1 aliphatic rings. The van der Waals surface area contributed by atoms with Crippen molar-refractivity contribution in [1.82, 2.24) is 4.90 Å². The molecule has 0 saturated carbocycles. The first-order chi connectivity index (χ1) is 10.7.